The summed E-state index contributed by atoms with van der Waals surface area (Å²) in [5, 5.41) is 11.5. The number of fused-ring (bicyclic) bond motifs is 1. The molecule has 1 aromatic carbocycles. The summed E-state index contributed by atoms with van der Waals surface area (Å²) >= 11 is 0. The monoisotopic (exact) mass is 384 g/mol. The third-order valence-electron chi connectivity index (χ3n) is 3.49. The van der Waals surface area contributed by atoms with Gasteiger partial charge in [0.15, 0.2) is 0 Å². The van der Waals surface area contributed by atoms with Crippen molar-refractivity contribution in [1.29, 1.82) is 0 Å². The van der Waals surface area contributed by atoms with Crippen molar-refractivity contribution in [3.8, 4) is 0 Å². The SMILES string of the molecule is N[C@@H](CCC(=O)Nc1ccc2c(CP(=O)(O)O)cc(=O)oc2c1)C(=O)O. The van der Waals surface area contributed by atoms with Crippen molar-refractivity contribution < 1.29 is 33.5 Å². The highest BCUT2D eigenvalue weighted by atomic mass is 31.2. The molecule has 2 aromatic rings. The maximum absolute atomic E-state index is 11.8. The zero-order chi connectivity index (χ0) is 19.5. The second kappa shape index (κ2) is 7.79. The molecule has 0 saturated heterocycles. The van der Waals surface area contributed by atoms with Crippen molar-refractivity contribution in [3.05, 3.63) is 40.2 Å². The van der Waals surface area contributed by atoms with Gasteiger partial charge in [0.1, 0.15) is 11.6 Å². The molecule has 1 atom stereocenters. The Hall–Kier alpha value is -2.52. The van der Waals surface area contributed by atoms with Crippen molar-refractivity contribution in [2.24, 2.45) is 5.73 Å². The van der Waals surface area contributed by atoms with Crippen LogP contribution >= 0.6 is 7.60 Å². The number of nitrogens with two attached hydrogens (primary N) is 1. The number of nitrogens with one attached hydrogen (secondary N) is 1. The molecule has 1 heterocycles. The molecule has 1 amide bonds. The van der Waals surface area contributed by atoms with E-state index in [1.165, 1.54) is 18.2 Å². The van der Waals surface area contributed by atoms with E-state index in [0.29, 0.717) is 5.39 Å². The highest BCUT2D eigenvalue weighted by molar-refractivity contribution is 7.50. The van der Waals surface area contributed by atoms with Gasteiger partial charge < -0.3 is 30.4 Å². The molecule has 1 aromatic heterocycles. The summed E-state index contributed by atoms with van der Waals surface area (Å²) in [6.07, 6.45) is -0.780. The van der Waals surface area contributed by atoms with Crippen LogP contribution in [0.4, 0.5) is 5.69 Å². The van der Waals surface area contributed by atoms with Gasteiger partial charge in [-0.25, -0.2) is 4.79 Å². The van der Waals surface area contributed by atoms with Crippen LogP contribution in [0.25, 0.3) is 11.0 Å². The zero-order valence-electron chi connectivity index (χ0n) is 13.4. The topological polar surface area (TPSA) is 180 Å². The molecule has 2 rings (SSSR count). The van der Waals surface area contributed by atoms with Crippen LogP contribution in [0, 0.1) is 0 Å². The van der Waals surface area contributed by atoms with E-state index in [1.54, 1.807) is 0 Å². The number of amides is 1. The van der Waals surface area contributed by atoms with E-state index in [9.17, 15) is 18.9 Å². The predicted molar refractivity (Wildman–Crippen MR) is 91.7 cm³/mol. The summed E-state index contributed by atoms with van der Waals surface area (Å²) in [5.74, 6) is -1.68. The van der Waals surface area contributed by atoms with E-state index in [1.807, 2.05) is 0 Å². The van der Waals surface area contributed by atoms with E-state index in [2.05, 4.69) is 5.32 Å². The lowest BCUT2D eigenvalue weighted by Gasteiger charge is -2.10. The normalized spacial score (nSPS) is 12.7. The van der Waals surface area contributed by atoms with Gasteiger partial charge in [0.2, 0.25) is 5.91 Å². The van der Waals surface area contributed by atoms with E-state index in [-0.39, 0.29) is 29.7 Å². The first-order valence-corrected chi connectivity index (χ1v) is 9.24. The number of benzene rings is 1. The third-order valence-corrected chi connectivity index (χ3v) is 4.24. The van der Waals surface area contributed by atoms with Crippen LogP contribution in [0.3, 0.4) is 0 Å². The molecule has 0 aliphatic rings. The minimum atomic E-state index is -4.38. The fourth-order valence-electron chi connectivity index (χ4n) is 2.29. The molecule has 10 nitrogen and oxygen atoms in total. The maximum Gasteiger partial charge on any atom is 0.336 e. The Labute approximate surface area is 146 Å². The van der Waals surface area contributed by atoms with Crippen molar-refractivity contribution in [2.75, 3.05) is 5.32 Å². The summed E-state index contributed by atoms with van der Waals surface area (Å²) in [5.41, 5.74) is 5.01. The van der Waals surface area contributed by atoms with E-state index in [4.69, 9.17) is 25.0 Å². The molecule has 0 saturated carbocycles. The second-order valence-corrected chi connectivity index (χ2v) is 7.30. The summed E-state index contributed by atoms with van der Waals surface area (Å²) in [7, 11) is -4.38. The minimum absolute atomic E-state index is 0.0454. The Morgan fingerprint density at radius 1 is 1.27 bits per heavy atom. The first-order chi connectivity index (χ1) is 12.0. The molecule has 0 aliphatic heterocycles. The molecule has 0 fully saturated rings. The summed E-state index contributed by atoms with van der Waals surface area (Å²) in [6.45, 7) is 0. The number of aliphatic carboxylic acids is 1. The quantitative estimate of drug-likeness (QED) is 0.337. The third kappa shape index (κ3) is 5.50. The van der Waals surface area contributed by atoms with Crippen LogP contribution in [0.15, 0.2) is 33.5 Å². The second-order valence-electron chi connectivity index (χ2n) is 5.66. The maximum atomic E-state index is 11.8. The van der Waals surface area contributed by atoms with Gasteiger partial charge in [-0.05, 0) is 24.1 Å². The smallest absolute Gasteiger partial charge is 0.336 e. The van der Waals surface area contributed by atoms with Crippen molar-refractivity contribution >= 4 is 36.1 Å². The lowest BCUT2D eigenvalue weighted by atomic mass is 10.1. The van der Waals surface area contributed by atoms with Crippen LogP contribution in [-0.2, 0) is 20.3 Å². The van der Waals surface area contributed by atoms with Gasteiger partial charge in [0.05, 0.1) is 6.16 Å². The molecule has 6 N–H and O–H groups in total. The highest BCUT2D eigenvalue weighted by Gasteiger charge is 2.18. The minimum Gasteiger partial charge on any atom is -0.480 e. The standard InChI is InChI=1S/C15H17N2O8P/c16-11(15(20)21)3-4-13(18)17-9-1-2-10-8(7-26(22,23)24)5-14(19)25-12(10)6-9/h1-2,5-6,11H,3-4,7,16H2,(H,17,18)(H,20,21)(H2,22,23,24)/t11-/m0/s1. The molecule has 0 bridgehead atoms. The lowest BCUT2D eigenvalue weighted by Crippen LogP contribution is -2.31. The molecular formula is C15H17N2O8P. The Kier molecular flexibility index (Phi) is 5.94. The fraction of sp³-hybridized carbons (Fsp3) is 0.267. The summed E-state index contributed by atoms with van der Waals surface area (Å²) in [4.78, 5) is 52.3. The summed E-state index contributed by atoms with van der Waals surface area (Å²) < 4.78 is 16.2. The number of rotatable bonds is 7. The highest BCUT2D eigenvalue weighted by Crippen LogP contribution is 2.40. The predicted octanol–water partition coefficient (Wildman–Crippen LogP) is 0.601. The zero-order valence-corrected chi connectivity index (χ0v) is 14.3. The number of anilines is 1. The molecule has 140 valence electrons. The van der Waals surface area contributed by atoms with Crippen LogP contribution in [0.2, 0.25) is 0 Å². The molecule has 26 heavy (non-hydrogen) atoms. The Morgan fingerprint density at radius 3 is 2.58 bits per heavy atom. The molecule has 0 radical (unpaired) electrons. The van der Waals surface area contributed by atoms with Crippen LogP contribution in [0.1, 0.15) is 18.4 Å². The first-order valence-electron chi connectivity index (χ1n) is 7.45. The van der Waals surface area contributed by atoms with Gasteiger partial charge in [0.25, 0.3) is 0 Å². The van der Waals surface area contributed by atoms with Crippen molar-refractivity contribution in [1.82, 2.24) is 0 Å². The number of carbonyl (C=O) groups excluding carboxylic acids is 1. The van der Waals surface area contributed by atoms with Gasteiger partial charge in [-0.2, -0.15) is 0 Å². The van der Waals surface area contributed by atoms with Crippen molar-refractivity contribution in [2.45, 2.75) is 25.0 Å². The molecule has 0 aliphatic carbocycles. The van der Waals surface area contributed by atoms with E-state index < -0.39 is 37.3 Å². The van der Waals surface area contributed by atoms with Crippen molar-refractivity contribution in [3.63, 3.8) is 0 Å². The van der Waals surface area contributed by atoms with Gasteiger partial charge in [-0.1, -0.05) is 0 Å². The summed E-state index contributed by atoms with van der Waals surface area (Å²) in [6, 6.07) is 4.13. The van der Waals surface area contributed by atoms with Gasteiger partial charge in [0, 0.05) is 29.6 Å². The molecule has 0 unspecified atom stereocenters. The number of hydrogen-bond acceptors (Lipinski definition) is 6. The van der Waals surface area contributed by atoms with Crippen LogP contribution in [0.5, 0.6) is 0 Å². The Balaban J connectivity index is 2.21. The Bertz CT molecular complexity index is 948. The number of carboxylic acids is 1. The van der Waals surface area contributed by atoms with Crippen LogP contribution < -0.4 is 16.7 Å². The van der Waals surface area contributed by atoms with E-state index in [0.717, 1.165) is 6.07 Å². The largest absolute Gasteiger partial charge is 0.480 e. The Morgan fingerprint density at radius 2 is 1.96 bits per heavy atom. The van der Waals surface area contributed by atoms with Gasteiger partial charge in [-0.3, -0.25) is 14.2 Å². The van der Waals surface area contributed by atoms with E-state index >= 15 is 0 Å². The van der Waals surface area contributed by atoms with Crippen LogP contribution in [-0.4, -0.2) is 32.8 Å². The average molecular weight is 384 g/mol. The lowest BCUT2D eigenvalue weighted by molar-refractivity contribution is -0.138. The number of carboxylic acid groups (broad SMARTS) is 1. The fourth-order valence-corrected chi connectivity index (χ4v) is 3.00. The van der Waals surface area contributed by atoms with Gasteiger partial charge >= 0.3 is 19.2 Å². The average Bonchev–Trinajstić information content (AvgIpc) is 2.50. The molecular weight excluding hydrogens is 367 g/mol. The first kappa shape index (κ1) is 19.8. The molecule has 0 spiro atoms. The van der Waals surface area contributed by atoms with Gasteiger partial charge in [-0.15, -0.1) is 0 Å². The molecule has 11 heteroatoms. The number of carbonyl (C=O) groups is 2. The number of hydrogen-bond donors (Lipinski definition) is 5.